The summed E-state index contributed by atoms with van der Waals surface area (Å²) in [6, 6.07) is 7.45. The molecule has 1 amide bonds. The Morgan fingerprint density at radius 3 is 2.54 bits per heavy atom. The van der Waals surface area contributed by atoms with Gasteiger partial charge in [0.25, 0.3) is 5.91 Å². The third kappa shape index (κ3) is 4.28. The molecule has 4 heterocycles. The zero-order valence-corrected chi connectivity index (χ0v) is 15.7. The van der Waals surface area contributed by atoms with Crippen LogP contribution >= 0.6 is 0 Å². The smallest absolute Gasteiger partial charge is 0.252 e. The van der Waals surface area contributed by atoms with E-state index in [2.05, 4.69) is 25.4 Å². The summed E-state index contributed by atoms with van der Waals surface area (Å²) < 4.78 is 7.35. The molecule has 0 aliphatic carbocycles. The molecular weight excluding hydrogens is 356 g/mol. The summed E-state index contributed by atoms with van der Waals surface area (Å²) in [6.45, 7) is 2.55. The van der Waals surface area contributed by atoms with Crippen LogP contribution in [0.15, 0.2) is 53.8 Å². The monoisotopic (exact) mass is 380 g/mol. The summed E-state index contributed by atoms with van der Waals surface area (Å²) in [4.78, 5) is 19.4. The van der Waals surface area contributed by atoms with Crippen LogP contribution in [0.1, 0.15) is 47.8 Å². The SMILES string of the molecule is O=C(NCC(c1ccco1)N1CCCCCC1)c1ccc(-n2cnnc2)nc1. The van der Waals surface area contributed by atoms with Crippen molar-refractivity contribution in [3.63, 3.8) is 0 Å². The van der Waals surface area contributed by atoms with Crippen molar-refractivity contribution in [3.05, 3.63) is 60.7 Å². The van der Waals surface area contributed by atoms with Gasteiger partial charge in [0.05, 0.1) is 17.9 Å². The average Bonchev–Trinajstić information content (AvgIpc) is 3.39. The third-order valence-corrected chi connectivity index (χ3v) is 5.10. The van der Waals surface area contributed by atoms with Gasteiger partial charge in [0, 0.05) is 12.7 Å². The minimum absolute atomic E-state index is 0.0429. The Bertz CT molecular complexity index is 853. The van der Waals surface area contributed by atoms with E-state index in [0.29, 0.717) is 17.9 Å². The average molecular weight is 380 g/mol. The highest BCUT2D eigenvalue weighted by Gasteiger charge is 2.24. The van der Waals surface area contributed by atoms with Crippen molar-refractivity contribution in [2.75, 3.05) is 19.6 Å². The van der Waals surface area contributed by atoms with Gasteiger partial charge in [-0.05, 0) is 50.2 Å². The van der Waals surface area contributed by atoms with Gasteiger partial charge in [0.1, 0.15) is 24.2 Å². The molecule has 1 saturated heterocycles. The first-order valence-corrected chi connectivity index (χ1v) is 9.68. The number of pyridine rings is 1. The fourth-order valence-electron chi connectivity index (χ4n) is 3.58. The third-order valence-electron chi connectivity index (χ3n) is 5.10. The lowest BCUT2D eigenvalue weighted by atomic mass is 10.1. The largest absolute Gasteiger partial charge is 0.468 e. The Labute approximate surface area is 163 Å². The predicted octanol–water partition coefficient (Wildman–Crippen LogP) is 2.60. The number of carbonyl (C=O) groups is 1. The van der Waals surface area contributed by atoms with E-state index in [4.69, 9.17) is 4.42 Å². The molecule has 1 fully saturated rings. The van der Waals surface area contributed by atoms with Gasteiger partial charge in [0.2, 0.25) is 0 Å². The second-order valence-corrected chi connectivity index (χ2v) is 6.97. The van der Waals surface area contributed by atoms with E-state index >= 15 is 0 Å². The Morgan fingerprint density at radius 1 is 1.11 bits per heavy atom. The molecule has 0 aromatic carbocycles. The molecule has 0 radical (unpaired) electrons. The highest BCUT2D eigenvalue weighted by molar-refractivity contribution is 5.93. The Kier molecular flexibility index (Phi) is 5.77. The van der Waals surface area contributed by atoms with Crippen molar-refractivity contribution < 1.29 is 9.21 Å². The maximum Gasteiger partial charge on any atom is 0.252 e. The van der Waals surface area contributed by atoms with Gasteiger partial charge in [-0.15, -0.1) is 10.2 Å². The van der Waals surface area contributed by atoms with E-state index in [9.17, 15) is 4.79 Å². The number of hydrogen-bond donors (Lipinski definition) is 1. The summed E-state index contributed by atoms with van der Waals surface area (Å²) in [5.74, 6) is 1.41. The minimum Gasteiger partial charge on any atom is -0.468 e. The van der Waals surface area contributed by atoms with E-state index in [0.717, 1.165) is 18.8 Å². The van der Waals surface area contributed by atoms with Crippen molar-refractivity contribution >= 4 is 5.91 Å². The summed E-state index contributed by atoms with van der Waals surface area (Å²) in [5, 5.41) is 10.6. The van der Waals surface area contributed by atoms with E-state index in [1.165, 1.54) is 25.7 Å². The number of nitrogens with one attached hydrogen (secondary N) is 1. The molecule has 1 aliphatic rings. The zero-order valence-electron chi connectivity index (χ0n) is 15.7. The maximum absolute atomic E-state index is 12.6. The fourth-order valence-corrected chi connectivity index (χ4v) is 3.58. The van der Waals surface area contributed by atoms with Gasteiger partial charge >= 0.3 is 0 Å². The number of likely N-dealkylation sites (tertiary alicyclic amines) is 1. The molecule has 3 aromatic heterocycles. The van der Waals surface area contributed by atoms with Gasteiger partial charge in [-0.25, -0.2) is 4.98 Å². The van der Waals surface area contributed by atoms with E-state index in [1.807, 2.05) is 12.1 Å². The molecule has 4 rings (SSSR count). The fraction of sp³-hybridized carbons (Fsp3) is 0.400. The number of nitrogens with zero attached hydrogens (tertiary/aromatic N) is 5. The molecule has 1 atom stereocenters. The Balaban J connectivity index is 1.42. The molecule has 8 nitrogen and oxygen atoms in total. The first-order valence-electron chi connectivity index (χ1n) is 9.68. The van der Waals surface area contributed by atoms with Crippen molar-refractivity contribution in [2.24, 2.45) is 0 Å². The quantitative estimate of drug-likeness (QED) is 0.707. The lowest BCUT2D eigenvalue weighted by Crippen LogP contribution is -2.38. The molecule has 146 valence electrons. The Hall–Kier alpha value is -3.00. The minimum atomic E-state index is -0.144. The lowest BCUT2D eigenvalue weighted by molar-refractivity contribution is 0.0927. The number of rotatable bonds is 6. The van der Waals surface area contributed by atoms with Crippen LogP contribution in [0.3, 0.4) is 0 Å². The summed E-state index contributed by atoms with van der Waals surface area (Å²) in [7, 11) is 0. The molecule has 0 saturated carbocycles. The second kappa shape index (κ2) is 8.79. The molecular formula is C20H24N6O2. The summed E-state index contributed by atoms with van der Waals surface area (Å²) >= 11 is 0. The number of amides is 1. The van der Waals surface area contributed by atoms with Crippen LogP contribution < -0.4 is 5.32 Å². The van der Waals surface area contributed by atoms with Crippen LogP contribution in [0.2, 0.25) is 0 Å². The maximum atomic E-state index is 12.6. The molecule has 1 aliphatic heterocycles. The van der Waals surface area contributed by atoms with Gasteiger partial charge in [-0.3, -0.25) is 14.3 Å². The van der Waals surface area contributed by atoms with E-state index in [-0.39, 0.29) is 11.9 Å². The Morgan fingerprint density at radius 2 is 1.89 bits per heavy atom. The van der Waals surface area contributed by atoms with E-state index < -0.39 is 0 Å². The number of carbonyl (C=O) groups excluding carboxylic acids is 1. The molecule has 8 heteroatoms. The predicted molar refractivity (Wildman–Crippen MR) is 103 cm³/mol. The van der Waals surface area contributed by atoms with Crippen LogP contribution in [0.25, 0.3) is 5.82 Å². The standard InChI is InChI=1S/C20H24N6O2/c27-20(16-7-8-19(21-12-16)26-14-23-24-15-26)22-13-17(18-6-5-11-28-18)25-9-3-1-2-4-10-25/h5-8,11-12,14-15,17H,1-4,9-10,13H2,(H,22,27). The van der Waals surface area contributed by atoms with Crippen LogP contribution in [0, 0.1) is 0 Å². The van der Waals surface area contributed by atoms with Crippen molar-refractivity contribution in [1.82, 2.24) is 30.0 Å². The molecule has 28 heavy (non-hydrogen) atoms. The number of aromatic nitrogens is 4. The van der Waals surface area contributed by atoms with Crippen molar-refractivity contribution in [3.8, 4) is 5.82 Å². The topological polar surface area (TPSA) is 89.1 Å². The van der Waals surface area contributed by atoms with Gasteiger partial charge in [-0.1, -0.05) is 12.8 Å². The number of hydrogen-bond acceptors (Lipinski definition) is 6. The second-order valence-electron chi connectivity index (χ2n) is 6.97. The first kappa shape index (κ1) is 18.4. The highest BCUT2D eigenvalue weighted by Crippen LogP contribution is 2.24. The molecule has 0 bridgehead atoms. The molecule has 3 aromatic rings. The molecule has 0 spiro atoms. The van der Waals surface area contributed by atoms with Gasteiger partial charge < -0.3 is 9.73 Å². The highest BCUT2D eigenvalue weighted by atomic mass is 16.3. The first-order chi connectivity index (χ1) is 13.8. The zero-order chi connectivity index (χ0) is 19.2. The van der Waals surface area contributed by atoms with Crippen LogP contribution in [0.5, 0.6) is 0 Å². The van der Waals surface area contributed by atoms with Gasteiger partial charge in [-0.2, -0.15) is 0 Å². The van der Waals surface area contributed by atoms with Gasteiger partial charge in [0.15, 0.2) is 0 Å². The lowest BCUT2D eigenvalue weighted by Gasteiger charge is -2.29. The van der Waals surface area contributed by atoms with Crippen LogP contribution in [-0.4, -0.2) is 50.2 Å². The number of furan rings is 1. The molecule has 1 unspecified atom stereocenters. The summed E-state index contributed by atoms with van der Waals surface area (Å²) in [5.41, 5.74) is 0.519. The van der Waals surface area contributed by atoms with Crippen molar-refractivity contribution in [1.29, 1.82) is 0 Å². The normalized spacial score (nSPS) is 16.4. The van der Waals surface area contributed by atoms with Crippen LogP contribution in [0.4, 0.5) is 0 Å². The van der Waals surface area contributed by atoms with Crippen LogP contribution in [-0.2, 0) is 0 Å². The van der Waals surface area contributed by atoms with E-state index in [1.54, 1.807) is 41.8 Å². The molecule has 1 N–H and O–H groups in total. The van der Waals surface area contributed by atoms with Crippen molar-refractivity contribution in [2.45, 2.75) is 31.7 Å². The summed E-state index contributed by atoms with van der Waals surface area (Å²) in [6.07, 6.45) is 11.3.